The van der Waals surface area contributed by atoms with Crippen molar-refractivity contribution in [3.63, 3.8) is 0 Å². The van der Waals surface area contributed by atoms with Crippen molar-refractivity contribution in [2.75, 3.05) is 0 Å². The fraction of sp³-hybridized carbons (Fsp3) is 0.500. The van der Waals surface area contributed by atoms with Gasteiger partial charge in [-0.3, -0.25) is 4.79 Å². The maximum absolute atomic E-state index is 11.7. The summed E-state index contributed by atoms with van der Waals surface area (Å²) in [5.74, 6) is 0.506. The molecule has 2 heteroatoms. The van der Waals surface area contributed by atoms with E-state index in [4.69, 9.17) is 5.11 Å². The van der Waals surface area contributed by atoms with Crippen LogP contribution in [0.3, 0.4) is 0 Å². The van der Waals surface area contributed by atoms with E-state index in [1.165, 1.54) is 0 Å². The molecule has 0 spiro atoms. The van der Waals surface area contributed by atoms with E-state index in [-0.39, 0.29) is 16.9 Å². The molecule has 0 radical (unpaired) electrons. The van der Waals surface area contributed by atoms with Crippen molar-refractivity contribution in [2.24, 2.45) is 5.41 Å². The lowest BCUT2D eigenvalue weighted by Crippen LogP contribution is -2.10. The Hall–Kier alpha value is -1.31. The van der Waals surface area contributed by atoms with Crippen LogP contribution >= 0.6 is 0 Å². The van der Waals surface area contributed by atoms with Gasteiger partial charge >= 0.3 is 0 Å². The Kier molecular flexibility index (Phi) is 4.11. The summed E-state index contributed by atoms with van der Waals surface area (Å²) in [4.78, 5) is 11.7. The van der Waals surface area contributed by atoms with Crippen molar-refractivity contribution >= 4 is 5.78 Å². The molecule has 0 fully saturated rings. The molecule has 0 amide bonds. The Morgan fingerprint density at radius 2 is 1.75 bits per heavy atom. The maximum Gasteiger partial charge on any atom is 0.137 e. The van der Waals surface area contributed by atoms with E-state index in [9.17, 15) is 4.79 Å². The van der Waals surface area contributed by atoms with E-state index >= 15 is 0 Å². The van der Waals surface area contributed by atoms with E-state index in [1.54, 1.807) is 24.3 Å². The van der Waals surface area contributed by atoms with Gasteiger partial charge in [-0.15, -0.1) is 0 Å². The number of hydrogen-bond acceptors (Lipinski definition) is 2. The van der Waals surface area contributed by atoms with Crippen molar-refractivity contribution in [2.45, 2.75) is 40.0 Å². The van der Waals surface area contributed by atoms with Crippen LogP contribution in [0.2, 0.25) is 0 Å². The van der Waals surface area contributed by atoms with Gasteiger partial charge in [-0.2, -0.15) is 0 Å². The van der Waals surface area contributed by atoms with Crippen LogP contribution in [-0.2, 0) is 11.2 Å². The summed E-state index contributed by atoms with van der Waals surface area (Å²) >= 11 is 0. The van der Waals surface area contributed by atoms with E-state index < -0.39 is 0 Å². The first-order valence-corrected chi connectivity index (χ1v) is 5.66. The van der Waals surface area contributed by atoms with Crippen LogP contribution in [0.25, 0.3) is 0 Å². The molecule has 2 nitrogen and oxygen atoms in total. The van der Waals surface area contributed by atoms with E-state index in [2.05, 4.69) is 20.8 Å². The minimum atomic E-state index is 0.213. The van der Waals surface area contributed by atoms with E-state index in [0.717, 1.165) is 12.0 Å². The molecule has 1 rings (SSSR count). The van der Waals surface area contributed by atoms with Gasteiger partial charge in [0.1, 0.15) is 11.5 Å². The van der Waals surface area contributed by atoms with Crippen LogP contribution in [0.15, 0.2) is 24.3 Å². The van der Waals surface area contributed by atoms with Crippen molar-refractivity contribution in [3.8, 4) is 5.75 Å². The summed E-state index contributed by atoms with van der Waals surface area (Å²) in [5.41, 5.74) is 1.18. The minimum absolute atomic E-state index is 0.213. The first kappa shape index (κ1) is 12.8. The number of hydrogen-bond donors (Lipinski definition) is 1. The monoisotopic (exact) mass is 220 g/mol. The highest BCUT2D eigenvalue weighted by Gasteiger charge is 2.13. The molecule has 0 atom stereocenters. The second-order valence-corrected chi connectivity index (χ2v) is 5.44. The van der Waals surface area contributed by atoms with Gasteiger partial charge in [0.15, 0.2) is 0 Å². The smallest absolute Gasteiger partial charge is 0.137 e. The number of benzene rings is 1. The lowest BCUT2D eigenvalue weighted by Gasteiger charge is -2.16. The molecule has 16 heavy (non-hydrogen) atoms. The second kappa shape index (κ2) is 5.15. The molecule has 0 aliphatic heterocycles. The van der Waals surface area contributed by atoms with Crippen molar-refractivity contribution < 1.29 is 9.90 Å². The molecular formula is C14H20O2. The third kappa shape index (κ3) is 4.96. The molecule has 0 aliphatic rings. The van der Waals surface area contributed by atoms with Crippen LogP contribution in [0.5, 0.6) is 5.75 Å². The van der Waals surface area contributed by atoms with Crippen molar-refractivity contribution in [3.05, 3.63) is 29.8 Å². The molecule has 1 aromatic rings. The Bertz CT molecular complexity index is 344. The highest BCUT2D eigenvalue weighted by molar-refractivity contribution is 5.80. The van der Waals surface area contributed by atoms with Crippen LogP contribution in [0.1, 0.15) is 39.2 Å². The van der Waals surface area contributed by atoms with Crippen LogP contribution in [0.4, 0.5) is 0 Å². The fourth-order valence-electron chi connectivity index (χ4n) is 1.44. The van der Waals surface area contributed by atoms with Gasteiger partial charge in [0.2, 0.25) is 0 Å². The summed E-state index contributed by atoms with van der Waals surface area (Å²) in [5, 5.41) is 9.12. The molecule has 0 saturated heterocycles. The van der Waals surface area contributed by atoms with Crippen LogP contribution in [0, 0.1) is 5.41 Å². The highest BCUT2D eigenvalue weighted by atomic mass is 16.3. The lowest BCUT2D eigenvalue weighted by molar-refractivity contribution is -0.118. The van der Waals surface area contributed by atoms with Crippen LogP contribution < -0.4 is 0 Å². The van der Waals surface area contributed by atoms with Gasteiger partial charge < -0.3 is 5.11 Å². The quantitative estimate of drug-likeness (QED) is 0.845. The summed E-state index contributed by atoms with van der Waals surface area (Å²) in [6.07, 6.45) is 2.02. The number of carbonyl (C=O) groups excluding carboxylic acids is 1. The molecule has 1 aromatic carbocycles. The number of phenols is 1. The number of carbonyl (C=O) groups is 1. The first-order chi connectivity index (χ1) is 7.37. The number of Topliss-reactive ketones (excluding diaryl/α,β-unsaturated/α-hetero) is 1. The SMILES string of the molecule is CC(C)(C)CCC(=O)Cc1ccc(O)cc1. The summed E-state index contributed by atoms with van der Waals surface area (Å²) < 4.78 is 0. The molecule has 88 valence electrons. The van der Waals surface area contributed by atoms with Gasteiger partial charge in [-0.05, 0) is 29.5 Å². The summed E-state index contributed by atoms with van der Waals surface area (Å²) in [7, 11) is 0. The third-order valence-corrected chi connectivity index (χ3v) is 2.49. The number of aromatic hydroxyl groups is 1. The van der Waals surface area contributed by atoms with Gasteiger partial charge in [0, 0.05) is 12.8 Å². The number of phenolic OH excluding ortho intramolecular Hbond substituents is 1. The normalized spacial score (nSPS) is 11.4. The van der Waals surface area contributed by atoms with E-state index in [0.29, 0.717) is 12.8 Å². The average Bonchev–Trinajstić information content (AvgIpc) is 2.18. The largest absolute Gasteiger partial charge is 0.508 e. The van der Waals surface area contributed by atoms with Gasteiger partial charge in [-0.25, -0.2) is 0 Å². The predicted molar refractivity (Wildman–Crippen MR) is 65.5 cm³/mol. The van der Waals surface area contributed by atoms with Crippen LogP contribution in [-0.4, -0.2) is 10.9 Å². The van der Waals surface area contributed by atoms with E-state index in [1.807, 2.05) is 0 Å². The average molecular weight is 220 g/mol. The number of ketones is 1. The minimum Gasteiger partial charge on any atom is -0.508 e. The van der Waals surface area contributed by atoms with Gasteiger partial charge in [0.05, 0.1) is 0 Å². The van der Waals surface area contributed by atoms with Gasteiger partial charge in [0.25, 0.3) is 0 Å². The van der Waals surface area contributed by atoms with Crippen molar-refractivity contribution in [1.29, 1.82) is 0 Å². The third-order valence-electron chi connectivity index (χ3n) is 2.49. The fourth-order valence-corrected chi connectivity index (χ4v) is 1.44. The molecule has 0 unspecified atom stereocenters. The first-order valence-electron chi connectivity index (χ1n) is 5.66. The Morgan fingerprint density at radius 1 is 1.19 bits per heavy atom. The molecule has 0 heterocycles. The zero-order chi connectivity index (χ0) is 12.2. The Morgan fingerprint density at radius 3 is 2.25 bits per heavy atom. The topological polar surface area (TPSA) is 37.3 Å². The lowest BCUT2D eigenvalue weighted by atomic mass is 9.89. The van der Waals surface area contributed by atoms with Gasteiger partial charge in [-0.1, -0.05) is 32.9 Å². The summed E-state index contributed by atoms with van der Waals surface area (Å²) in [6, 6.07) is 6.83. The maximum atomic E-state index is 11.7. The number of rotatable bonds is 4. The highest BCUT2D eigenvalue weighted by Crippen LogP contribution is 2.21. The second-order valence-electron chi connectivity index (χ2n) is 5.44. The Labute approximate surface area is 97.3 Å². The molecule has 0 aromatic heterocycles. The molecule has 0 saturated carbocycles. The molecule has 0 aliphatic carbocycles. The standard InChI is InChI=1S/C14H20O2/c1-14(2,3)9-8-13(16)10-11-4-6-12(15)7-5-11/h4-7,15H,8-10H2,1-3H3. The zero-order valence-corrected chi connectivity index (χ0v) is 10.3. The molecular weight excluding hydrogens is 200 g/mol. The van der Waals surface area contributed by atoms with Crippen molar-refractivity contribution in [1.82, 2.24) is 0 Å². The zero-order valence-electron chi connectivity index (χ0n) is 10.3. The Balaban J connectivity index is 2.43. The summed E-state index contributed by atoms with van der Waals surface area (Å²) in [6.45, 7) is 6.42. The predicted octanol–water partition coefficient (Wildman–Crippen LogP) is 3.33. The molecule has 0 bridgehead atoms. The molecule has 1 N–H and O–H groups in total.